The van der Waals surface area contributed by atoms with Crippen molar-refractivity contribution in [3.8, 4) is 23.0 Å². The molecular weight excluding hydrogens is 424 g/mol. The molecular formula is C21H28N2O5S2. The van der Waals surface area contributed by atoms with Crippen LogP contribution in [0, 0.1) is 0 Å². The Labute approximate surface area is 185 Å². The van der Waals surface area contributed by atoms with Gasteiger partial charge in [-0.1, -0.05) is 0 Å². The molecule has 2 aromatic rings. The maximum atomic E-state index is 13.1. The molecule has 0 saturated carbocycles. The molecule has 30 heavy (non-hydrogen) atoms. The summed E-state index contributed by atoms with van der Waals surface area (Å²) in [5, 5.41) is 0. The molecule has 1 heterocycles. The fraction of sp³-hybridized carbons (Fsp3) is 0.429. The van der Waals surface area contributed by atoms with Crippen molar-refractivity contribution >= 4 is 22.9 Å². The molecule has 0 amide bonds. The number of benzene rings is 2. The Morgan fingerprint density at radius 2 is 1.53 bits per heavy atom. The summed E-state index contributed by atoms with van der Waals surface area (Å²) in [7, 11) is 7.25. The van der Waals surface area contributed by atoms with Crippen LogP contribution in [0.25, 0.3) is 0 Å². The molecule has 0 aromatic heterocycles. The second-order valence-electron chi connectivity index (χ2n) is 6.75. The van der Waals surface area contributed by atoms with Crippen LogP contribution in [0.5, 0.6) is 23.0 Å². The van der Waals surface area contributed by atoms with E-state index in [-0.39, 0.29) is 6.04 Å². The molecule has 164 valence electrons. The normalized spacial score (nSPS) is 17.7. The topological polar surface area (TPSA) is 60.5 Å². The highest BCUT2D eigenvalue weighted by Gasteiger charge is 2.30. The van der Waals surface area contributed by atoms with E-state index < -0.39 is 11.0 Å². The van der Waals surface area contributed by atoms with Gasteiger partial charge in [0.05, 0.1) is 33.3 Å². The van der Waals surface area contributed by atoms with Gasteiger partial charge in [-0.15, -0.1) is 0 Å². The third-order valence-corrected chi connectivity index (χ3v) is 7.54. The second kappa shape index (κ2) is 10.4. The maximum absolute atomic E-state index is 13.1. The SMILES string of the molecule is COc1ccc(SN(C)C2CCN(S(=O)c3ccc(OC)c(OC)c3)C2)cc1OC. The summed E-state index contributed by atoms with van der Waals surface area (Å²) in [5.74, 6) is 2.63. The number of ether oxygens (including phenoxy) is 4. The Balaban J connectivity index is 1.64. The average molecular weight is 453 g/mol. The highest BCUT2D eigenvalue weighted by Crippen LogP contribution is 2.35. The van der Waals surface area contributed by atoms with Gasteiger partial charge in [0.25, 0.3) is 0 Å². The molecule has 3 rings (SSSR count). The van der Waals surface area contributed by atoms with Crippen molar-refractivity contribution in [1.82, 2.24) is 8.61 Å². The fourth-order valence-corrected chi connectivity index (χ4v) is 5.56. The standard InChI is InChI=1S/C21H28N2O5S2/c1-22(29-16-6-8-18(25-2)20(12-16)27-4)15-10-11-23(14-15)30(24)17-7-9-19(26-3)21(13-17)28-5/h6-9,12-13,15H,10-11,14H2,1-5H3. The number of nitrogens with zero attached hydrogens (tertiary/aromatic N) is 2. The van der Waals surface area contributed by atoms with Gasteiger partial charge in [-0.05, 0) is 55.7 Å². The Bertz CT molecular complexity index is 896. The summed E-state index contributed by atoms with van der Waals surface area (Å²) in [5.41, 5.74) is 0. The van der Waals surface area contributed by atoms with Gasteiger partial charge in [0.1, 0.15) is 11.0 Å². The number of hydrogen-bond donors (Lipinski definition) is 0. The molecule has 1 aliphatic rings. The van der Waals surface area contributed by atoms with Crippen LogP contribution in [0.1, 0.15) is 6.42 Å². The molecule has 7 nitrogen and oxygen atoms in total. The van der Waals surface area contributed by atoms with Gasteiger partial charge in [0.15, 0.2) is 23.0 Å². The van der Waals surface area contributed by atoms with E-state index in [0.717, 1.165) is 24.4 Å². The molecule has 0 aliphatic carbocycles. The highest BCUT2D eigenvalue weighted by atomic mass is 32.2. The van der Waals surface area contributed by atoms with E-state index in [4.69, 9.17) is 18.9 Å². The van der Waals surface area contributed by atoms with E-state index in [2.05, 4.69) is 11.4 Å². The van der Waals surface area contributed by atoms with Gasteiger partial charge in [0.2, 0.25) is 0 Å². The maximum Gasteiger partial charge on any atom is 0.161 e. The fourth-order valence-electron chi connectivity index (χ4n) is 3.35. The first-order valence-corrected chi connectivity index (χ1v) is 11.4. The van der Waals surface area contributed by atoms with Gasteiger partial charge in [-0.2, -0.15) is 0 Å². The van der Waals surface area contributed by atoms with E-state index in [0.29, 0.717) is 27.9 Å². The van der Waals surface area contributed by atoms with Crippen LogP contribution in [0.2, 0.25) is 0 Å². The first-order valence-electron chi connectivity index (χ1n) is 9.52. The summed E-state index contributed by atoms with van der Waals surface area (Å²) < 4.78 is 38.6. The van der Waals surface area contributed by atoms with Crippen molar-refractivity contribution in [2.24, 2.45) is 0 Å². The molecule has 2 unspecified atom stereocenters. The van der Waals surface area contributed by atoms with Crippen molar-refractivity contribution in [1.29, 1.82) is 0 Å². The van der Waals surface area contributed by atoms with Gasteiger partial charge < -0.3 is 18.9 Å². The molecule has 0 N–H and O–H groups in total. The summed E-state index contributed by atoms with van der Waals surface area (Å²) in [4.78, 5) is 1.78. The number of hydrogen-bond acceptors (Lipinski definition) is 7. The Kier molecular flexibility index (Phi) is 7.87. The zero-order chi connectivity index (χ0) is 21.7. The zero-order valence-electron chi connectivity index (χ0n) is 17.9. The van der Waals surface area contributed by atoms with E-state index in [9.17, 15) is 4.21 Å². The van der Waals surface area contributed by atoms with Crippen LogP contribution in [0.3, 0.4) is 0 Å². The van der Waals surface area contributed by atoms with Crippen LogP contribution in [0.15, 0.2) is 46.2 Å². The van der Waals surface area contributed by atoms with Gasteiger partial charge >= 0.3 is 0 Å². The minimum atomic E-state index is -1.25. The number of methoxy groups -OCH3 is 4. The van der Waals surface area contributed by atoms with Crippen molar-refractivity contribution in [2.75, 3.05) is 48.6 Å². The minimum absolute atomic E-state index is 0.284. The lowest BCUT2D eigenvalue weighted by Gasteiger charge is -2.23. The third-order valence-electron chi connectivity index (χ3n) is 5.04. The first kappa shape index (κ1) is 22.7. The monoisotopic (exact) mass is 452 g/mol. The Morgan fingerprint density at radius 1 is 0.933 bits per heavy atom. The molecule has 1 fully saturated rings. The Hall–Kier alpha value is -1.94. The summed E-state index contributed by atoms with van der Waals surface area (Å²) in [6, 6.07) is 11.6. The van der Waals surface area contributed by atoms with E-state index >= 15 is 0 Å². The van der Waals surface area contributed by atoms with E-state index in [1.165, 1.54) is 0 Å². The number of rotatable bonds is 9. The van der Waals surface area contributed by atoms with Crippen LogP contribution in [0.4, 0.5) is 0 Å². The molecule has 2 aromatic carbocycles. The summed E-state index contributed by atoms with van der Waals surface area (Å²) in [6.45, 7) is 1.49. The molecule has 9 heteroatoms. The second-order valence-corrected chi connectivity index (χ2v) is 9.47. The lowest BCUT2D eigenvalue weighted by Crippen LogP contribution is -2.31. The van der Waals surface area contributed by atoms with E-state index in [1.54, 1.807) is 52.5 Å². The lowest BCUT2D eigenvalue weighted by molar-refractivity contribution is 0.353. The minimum Gasteiger partial charge on any atom is -0.493 e. The van der Waals surface area contributed by atoms with Crippen LogP contribution in [-0.2, 0) is 11.0 Å². The summed E-state index contributed by atoms with van der Waals surface area (Å²) >= 11 is 1.65. The third kappa shape index (κ3) is 5.03. The van der Waals surface area contributed by atoms with Crippen LogP contribution in [-0.4, -0.2) is 67.4 Å². The molecule has 0 bridgehead atoms. The summed E-state index contributed by atoms with van der Waals surface area (Å²) in [6.07, 6.45) is 0.940. The van der Waals surface area contributed by atoms with Crippen molar-refractivity contribution in [3.63, 3.8) is 0 Å². The van der Waals surface area contributed by atoms with Crippen LogP contribution < -0.4 is 18.9 Å². The average Bonchev–Trinajstić information content (AvgIpc) is 3.28. The quantitative estimate of drug-likeness (QED) is 0.540. The lowest BCUT2D eigenvalue weighted by atomic mass is 10.3. The molecule has 2 atom stereocenters. The Morgan fingerprint density at radius 3 is 2.17 bits per heavy atom. The molecule has 0 radical (unpaired) electrons. The van der Waals surface area contributed by atoms with Gasteiger partial charge in [0, 0.05) is 30.1 Å². The predicted molar refractivity (Wildman–Crippen MR) is 119 cm³/mol. The number of likely N-dealkylation sites (N-methyl/N-ethyl adjacent to an activating group) is 1. The van der Waals surface area contributed by atoms with Crippen molar-refractivity contribution in [2.45, 2.75) is 22.3 Å². The smallest absolute Gasteiger partial charge is 0.161 e. The highest BCUT2D eigenvalue weighted by molar-refractivity contribution is 7.97. The largest absolute Gasteiger partial charge is 0.493 e. The molecule has 1 saturated heterocycles. The van der Waals surface area contributed by atoms with E-state index in [1.807, 2.05) is 28.6 Å². The molecule has 0 spiro atoms. The van der Waals surface area contributed by atoms with Crippen molar-refractivity contribution in [3.05, 3.63) is 36.4 Å². The van der Waals surface area contributed by atoms with Gasteiger partial charge in [-0.25, -0.2) is 12.8 Å². The first-order chi connectivity index (χ1) is 14.5. The molecule has 1 aliphatic heterocycles. The zero-order valence-corrected chi connectivity index (χ0v) is 19.5. The van der Waals surface area contributed by atoms with Crippen molar-refractivity contribution < 1.29 is 23.2 Å². The predicted octanol–water partition coefficient (Wildman–Crippen LogP) is 3.46. The van der Waals surface area contributed by atoms with Crippen LogP contribution >= 0.6 is 11.9 Å². The van der Waals surface area contributed by atoms with Gasteiger partial charge in [-0.3, -0.25) is 0 Å².